The van der Waals surface area contributed by atoms with Crippen LogP contribution in [-0.2, 0) is 38.6 Å². The van der Waals surface area contributed by atoms with E-state index in [-0.39, 0.29) is 18.6 Å². The summed E-state index contributed by atoms with van der Waals surface area (Å²) in [7, 11) is 0. The van der Waals surface area contributed by atoms with E-state index in [1.807, 2.05) is 0 Å². The van der Waals surface area contributed by atoms with Crippen LogP contribution < -0.4 is 5.32 Å². The second-order valence-corrected chi connectivity index (χ2v) is 7.58. The van der Waals surface area contributed by atoms with Crippen LogP contribution >= 0.6 is 0 Å². The van der Waals surface area contributed by atoms with Gasteiger partial charge in [-0.05, 0) is 41.4 Å². The molecule has 1 heterocycles. The molecule has 0 aromatic heterocycles. The lowest BCUT2D eigenvalue weighted by Crippen LogP contribution is -2.23. The van der Waals surface area contributed by atoms with Crippen LogP contribution in [0.1, 0.15) is 50.8 Å². The molecular formula is C21H27NO4. The first-order valence-corrected chi connectivity index (χ1v) is 9.07. The Balaban J connectivity index is 2.11. The third kappa shape index (κ3) is 5.55. The van der Waals surface area contributed by atoms with Crippen LogP contribution in [0.4, 0.5) is 0 Å². The van der Waals surface area contributed by atoms with E-state index in [1.165, 1.54) is 11.1 Å². The van der Waals surface area contributed by atoms with Crippen LogP contribution in [0.25, 0.3) is 0 Å². The Labute approximate surface area is 154 Å². The fourth-order valence-corrected chi connectivity index (χ4v) is 3.08. The minimum Gasteiger partial charge on any atom is -0.461 e. The normalized spacial score (nSPS) is 14.0. The van der Waals surface area contributed by atoms with E-state index < -0.39 is 17.8 Å². The summed E-state index contributed by atoms with van der Waals surface area (Å²) in [5, 5.41) is 2.13. The highest BCUT2D eigenvalue weighted by atomic mass is 16.5. The highest BCUT2D eigenvalue weighted by Crippen LogP contribution is 2.22. The molecule has 0 radical (unpaired) electrons. The zero-order valence-electron chi connectivity index (χ0n) is 15.9. The lowest BCUT2D eigenvalue weighted by atomic mass is 9.91. The molecule has 1 N–H and O–H groups in total. The number of amides is 2. The first-order valence-electron chi connectivity index (χ1n) is 9.07. The molecule has 1 aliphatic heterocycles. The lowest BCUT2D eigenvalue weighted by Gasteiger charge is -2.18. The van der Waals surface area contributed by atoms with Crippen LogP contribution in [0.2, 0.25) is 0 Å². The molecule has 5 heteroatoms. The molecule has 0 atom stereocenters. The molecule has 5 nitrogen and oxygen atoms in total. The monoisotopic (exact) mass is 357 g/mol. The SMILES string of the molecule is CC(C)Cc1cccc(CC(C)C)c1COC(=O)CC1=CC(=O)NC1=O. The number of imide groups is 1. The molecule has 0 aliphatic carbocycles. The van der Waals surface area contributed by atoms with Gasteiger partial charge >= 0.3 is 5.97 Å². The Morgan fingerprint density at radius 1 is 1.04 bits per heavy atom. The molecule has 0 bridgehead atoms. The Morgan fingerprint density at radius 3 is 2.08 bits per heavy atom. The number of rotatable bonds is 8. The van der Waals surface area contributed by atoms with Crippen molar-refractivity contribution in [3.05, 3.63) is 46.5 Å². The molecule has 0 unspecified atom stereocenters. The molecule has 0 saturated carbocycles. The van der Waals surface area contributed by atoms with Crippen molar-refractivity contribution in [2.45, 2.75) is 53.6 Å². The lowest BCUT2D eigenvalue weighted by molar-refractivity contribution is -0.144. The zero-order valence-corrected chi connectivity index (χ0v) is 15.9. The summed E-state index contributed by atoms with van der Waals surface area (Å²) >= 11 is 0. The molecule has 0 fully saturated rings. The maximum absolute atomic E-state index is 12.1. The third-order valence-corrected chi connectivity index (χ3v) is 4.17. The van der Waals surface area contributed by atoms with Crippen LogP contribution in [-0.4, -0.2) is 17.8 Å². The standard InChI is InChI=1S/C21H27NO4/c1-13(2)8-15-6-5-7-16(9-14(3)4)18(15)12-26-20(24)11-17-10-19(23)22-21(17)25/h5-7,10,13-14H,8-9,11-12H2,1-4H3,(H,22,23,25). The summed E-state index contributed by atoms with van der Waals surface area (Å²) < 4.78 is 5.45. The smallest absolute Gasteiger partial charge is 0.310 e. The average molecular weight is 357 g/mol. The second kappa shape index (κ2) is 8.79. The number of esters is 1. The Morgan fingerprint density at radius 2 is 1.62 bits per heavy atom. The van der Waals surface area contributed by atoms with Crippen LogP contribution in [0, 0.1) is 11.8 Å². The quantitative estimate of drug-likeness (QED) is 0.573. The molecule has 26 heavy (non-hydrogen) atoms. The van der Waals surface area contributed by atoms with Gasteiger partial charge in [0.15, 0.2) is 0 Å². The minimum absolute atomic E-state index is 0.151. The van der Waals surface area contributed by atoms with Gasteiger partial charge in [0.1, 0.15) is 6.61 Å². The summed E-state index contributed by atoms with van der Waals surface area (Å²) in [6, 6.07) is 6.22. The number of nitrogens with one attached hydrogen (secondary N) is 1. The number of ether oxygens (including phenoxy) is 1. The summed E-state index contributed by atoms with van der Waals surface area (Å²) in [6.07, 6.45) is 2.80. The van der Waals surface area contributed by atoms with Crippen LogP contribution in [0.3, 0.4) is 0 Å². The van der Waals surface area contributed by atoms with Crippen LogP contribution in [0.5, 0.6) is 0 Å². The van der Waals surface area contributed by atoms with Gasteiger partial charge in [-0.2, -0.15) is 0 Å². The third-order valence-electron chi connectivity index (χ3n) is 4.17. The van der Waals surface area contributed by atoms with Gasteiger partial charge in [-0.1, -0.05) is 45.9 Å². The predicted octanol–water partition coefficient (Wildman–Crippen LogP) is 3.10. The zero-order chi connectivity index (χ0) is 19.3. The van der Waals surface area contributed by atoms with Crippen molar-refractivity contribution in [2.75, 3.05) is 0 Å². The van der Waals surface area contributed by atoms with Crippen molar-refractivity contribution in [1.82, 2.24) is 5.32 Å². The van der Waals surface area contributed by atoms with Gasteiger partial charge in [-0.15, -0.1) is 0 Å². The maximum Gasteiger partial charge on any atom is 0.310 e. The van der Waals surface area contributed by atoms with Crippen molar-refractivity contribution in [3.8, 4) is 0 Å². The first-order chi connectivity index (χ1) is 12.3. The van der Waals surface area contributed by atoms with E-state index in [9.17, 15) is 14.4 Å². The van der Waals surface area contributed by atoms with Crippen LogP contribution in [0.15, 0.2) is 29.8 Å². The summed E-state index contributed by atoms with van der Waals surface area (Å²) in [5.74, 6) is -0.517. The molecule has 1 aliphatic rings. The minimum atomic E-state index is -0.521. The Kier molecular flexibility index (Phi) is 6.72. The first kappa shape index (κ1) is 19.9. The fourth-order valence-electron chi connectivity index (χ4n) is 3.08. The summed E-state index contributed by atoms with van der Waals surface area (Å²) in [6.45, 7) is 8.83. The van der Waals surface area contributed by atoms with Gasteiger partial charge in [0.2, 0.25) is 0 Å². The Hall–Kier alpha value is -2.43. The van der Waals surface area contributed by atoms with E-state index in [4.69, 9.17) is 4.74 Å². The van der Waals surface area contributed by atoms with Crippen molar-refractivity contribution < 1.29 is 19.1 Å². The largest absolute Gasteiger partial charge is 0.461 e. The van der Waals surface area contributed by atoms with E-state index in [0.717, 1.165) is 24.5 Å². The summed E-state index contributed by atoms with van der Waals surface area (Å²) in [5.41, 5.74) is 3.60. The van der Waals surface area contributed by atoms with Gasteiger partial charge in [0.05, 0.1) is 6.42 Å². The van der Waals surface area contributed by atoms with Crippen molar-refractivity contribution in [2.24, 2.45) is 11.8 Å². The van der Waals surface area contributed by atoms with Gasteiger partial charge in [-0.3, -0.25) is 19.7 Å². The maximum atomic E-state index is 12.1. The van der Waals surface area contributed by atoms with E-state index in [2.05, 4.69) is 51.2 Å². The molecule has 0 saturated heterocycles. The van der Waals surface area contributed by atoms with Gasteiger partial charge < -0.3 is 4.74 Å². The van der Waals surface area contributed by atoms with Gasteiger partial charge in [0.25, 0.3) is 11.8 Å². The molecule has 2 rings (SSSR count). The number of carbonyl (C=O) groups excluding carboxylic acids is 3. The predicted molar refractivity (Wildman–Crippen MR) is 99.2 cm³/mol. The van der Waals surface area contributed by atoms with E-state index >= 15 is 0 Å². The number of carbonyl (C=O) groups is 3. The molecule has 1 aromatic carbocycles. The highest BCUT2D eigenvalue weighted by molar-refractivity contribution is 6.17. The highest BCUT2D eigenvalue weighted by Gasteiger charge is 2.23. The number of hydrogen-bond acceptors (Lipinski definition) is 4. The van der Waals surface area contributed by atoms with Gasteiger partial charge in [0, 0.05) is 11.6 Å². The van der Waals surface area contributed by atoms with Crippen molar-refractivity contribution in [1.29, 1.82) is 0 Å². The fraction of sp³-hybridized carbons (Fsp3) is 0.476. The van der Waals surface area contributed by atoms with E-state index in [1.54, 1.807) is 0 Å². The molecule has 140 valence electrons. The van der Waals surface area contributed by atoms with Crippen molar-refractivity contribution >= 4 is 17.8 Å². The molecule has 0 spiro atoms. The van der Waals surface area contributed by atoms with E-state index in [0.29, 0.717) is 11.8 Å². The molecular weight excluding hydrogens is 330 g/mol. The Bertz CT molecular complexity index is 703. The van der Waals surface area contributed by atoms with Crippen molar-refractivity contribution in [3.63, 3.8) is 0 Å². The second-order valence-electron chi connectivity index (χ2n) is 7.58. The average Bonchev–Trinajstić information content (AvgIpc) is 2.83. The number of hydrogen-bond donors (Lipinski definition) is 1. The molecule has 2 amide bonds. The number of benzene rings is 1. The topological polar surface area (TPSA) is 72.5 Å². The molecule has 1 aromatic rings. The van der Waals surface area contributed by atoms with Gasteiger partial charge in [-0.25, -0.2) is 0 Å². The summed E-state index contributed by atoms with van der Waals surface area (Å²) in [4.78, 5) is 34.8.